The van der Waals surface area contributed by atoms with Crippen LogP contribution < -0.4 is 10.6 Å². The van der Waals surface area contributed by atoms with Gasteiger partial charge in [0.1, 0.15) is 0 Å². The molecule has 0 amide bonds. The summed E-state index contributed by atoms with van der Waals surface area (Å²) in [5.74, 6) is 0.909. The molecule has 5 heteroatoms. The summed E-state index contributed by atoms with van der Waals surface area (Å²) >= 11 is 1.80. The third-order valence-electron chi connectivity index (χ3n) is 3.11. The van der Waals surface area contributed by atoms with E-state index in [1.807, 2.05) is 0 Å². The van der Waals surface area contributed by atoms with E-state index >= 15 is 0 Å². The Bertz CT molecular complexity index is 399. The van der Waals surface area contributed by atoms with Crippen LogP contribution in [0.5, 0.6) is 0 Å². The van der Waals surface area contributed by atoms with Crippen molar-refractivity contribution >= 4 is 17.3 Å². The van der Waals surface area contributed by atoms with Gasteiger partial charge in [0.15, 0.2) is 5.96 Å². The molecule has 0 saturated carbocycles. The first kappa shape index (κ1) is 14.3. The van der Waals surface area contributed by atoms with Crippen molar-refractivity contribution in [2.45, 2.75) is 20.3 Å². The van der Waals surface area contributed by atoms with E-state index in [1.54, 1.807) is 11.3 Å². The first-order chi connectivity index (χ1) is 9.22. The topological polar surface area (TPSA) is 45.7 Å². The van der Waals surface area contributed by atoms with Crippen LogP contribution in [0.3, 0.4) is 0 Å². The Morgan fingerprint density at radius 3 is 2.89 bits per heavy atom. The molecular formula is C14H23N3OS. The molecule has 1 aromatic rings. The fourth-order valence-corrected chi connectivity index (χ4v) is 2.62. The molecule has 2 heterocycles. The third kappa shape index (κ3) is 4.51. The first-order valence-electron chi connectivity index (χ1n) is 6.84. The van der Waals surface area contributed by atoms with Gasteiger partial charge in [-0.1, -0.05) is 13.0 Å². The summed E-state index contributed by atoms with van der Waals surface area (Å²) in [5, 5.41) is 8.79. The molecule has 1 fully saturated rings. The zero-order chi connectivity index (χ0) is 13.6. The van der Waals surface area contributed by atoms with Crippen LogP contribution in [0.1, 0.15) is 18.7 Å². The maximum atomic E-state index is 5.25. The molecule has 0 aromatic carbocycles. The van der Waals surface area contributed by atoms with Crippen molar-refractivity contribution < 1.29 is 4.74 Å². The van der Waals surface area contributed by atoms with Gasteiger partial charge in [0.2, 0.25) is 0 Å². The Morgan fingerprint density at radius 1 is 1.47 bits per heavy atom. The molecular weight excluding hydrogens is 258 g/mol. The van der Waals surface area contributed by atoms with Crippen LogP contribution >= 0.6 is 11.3 Å². The van der Waals surface area contributed by atoms with Crippen molar-refractivity contribution in [2.24, 2.45) is 10.4 Å². The minimum Gasteiger partial charge on any atom is -0.380 e. The minimum atomic E-state index is 0.232. The highest BCUT2D eigenvalue weighted by Gasteiger charge is 2.33. The molecule has 19 heavy (non-hydrogen) atoms. The number of nitrogens with one attached hydrogen (secondary N) is 2. The van der Waals surface area contributed by atoms with Gasteiger partial charge in [0.25, 0.3) is 0 Å². The van der Waals surface area contributed by atoms with E-state index in [1.165, 1.54) is 4.88 Å². The Balaban J connectivity index is 1.76. The van der Waals surface area contributed by atoms with E-state index in [4.69, 9.17) is 4.74 Å². The van der Waals surface area contributed by atoms with Crippen molar-refractivity contribution in [2.75, 3.05) is 32.8 Å². The molecule has 0 spiro atoms. The van der Waals surface area contributed by atoms with Gasteiger partial charge in [-0.15, -0.1) is 11.3 Å². The van der Waals surface area contributed by atoms with Crippen LogP contribution in [0.25, 0.3) is 0 Å². The normalized spacial score (nSPS) is 17.9. The quantitative estimate of drug-likeness (QED) is 0.618. The third-order valence-corrected chi connectivity index (χ3v) is 4.04. The Labute approximate surface area is 119 Å². The van der Waals surface area contributed by atoms with Crippen LogP contribution in [0.15, 0.2) is 22.5 Å². The lowest BCUT2D eigenvalue weighted by atomic mass is 9.89. The molecule has 1 aromatic heterocycles. The standard InChI is InChI=1S/C14H23N3OS/c1-3-15-13(17-9-14(2)10-18-11-14)16-7-6-12-5-4-8-19-12/h4-5,8H,3,6-7,9-11H2,1-2H3,(H2,15,16,17). The van der Waals surface area contributed by atoms with E-state index in [0.29, 0.717) is 0 Å². The van der Waals surface area contributed by atoms with Gasteiger partial charge in [0, 0.05) is 23.4 Å². The summed E-state index contributed by atoms with van der Waals surface area (Å²) in [4.78, 5) is 6.05. The molecule has 1 aliphatic rings. The van der Waals surface area contributed by atoms with Gasteiger partial charge in [-0.2, -0.15) is 0 Å². The number of aliphatic imine (C=N–C) groups is 1. The van der Waals surface area contributed by atoms with E-state index in [0.717, 1.165) is 45.2 Å². The van der Waals surface area contributed by atoms with E-state index in [2.05, 4.69) is 47.0 Å². The monoisotopic (exact) mass is 281 g/mol. The van der Waals surface area contributed by atoms with Crippen molar-refractivity contribution in [3.8, 4) is 0 Å². The molecule has 0 unspecified atom stereocenters. The number of hydrogen-bond acceptors (Lipinski definition) is 3. The van der Waals surface area contributed by atoms with Gasteiger partial charge in [-0.3, -0.25) is 4.99 Å². The molecule has 0 radical (unpaired) electrons. The zero-order valence-corrected chi connectivity index (χ0v) is 12.6. The Hall–Kier alpha value is -1.07. The second-order valence-electron chi connectivity index (χ2n) is 5.25. The SMILES string of the molecule is CCNC(=NCC1(C)COC1)NCCc1cccs1. The van der Waals surface area contributed by atoms with Crippen molar-refractivity contribution in [3.05, 3.63) is 22.4 Å². The number of ether oxygens (including phenoxy) is 1. The number of rotatable bonds is 6. The summed E-state index contributed by atoms with van der Waals surface area (Å²) in [7, 11) is 0. The maximum absolute atomic E-state index is 5.25. The highest BCUT2D eigenvalue weighted by atomic mass is 32.1. The zero-order valence-electron chi connectivity index (χ0n) is 11.7. The molecule has 1 aliphatic heterocycles. The first-order valence-corrected chi connectivity index (χ1v) is 7.72. The molecule has 2 N–H and O–H groups in total. The average Bonchev–Trinajstić information content (AvgIpc) is 2.87. The lowest BCUT2D eigenvalue weighted by molar-refractivity contribution is -0.0945. The minimum absolute atomic E-state index is 0.232. The van der Waals surface area contributed by atoms with Gasteiger partial charge < -0.3 is 15.4 Å². The van der Waals surface area contributed by atoms with E-state index < -0.39 is 0 Å². The lowest BCUT2D eigenvalue weighted by Crippen LogP contribution is -2.44. The van der Waals surface area contributed by atoms with Crippen LogP contribution in [-0.2, 0) is 11.2 Å². The number of guanidine groups is 1. The smallest absolute Gasteiger partial charge is 0.191 e. The van der Waals surface area contributed by atoms with Gasteiger partial charge in [0.05, 0.1) is 19.8 Å². The number of thiophene rings is 1. The Kier molecular flexibility index (Phi) is 5.22. The van der Waals surface area contributed by atoms with Gasteiger partial charge >= 0.3 is 0 Å². The lowest BCUT2D eigenvalue weighted by Gasteiger charge is -2.36. The van der Waals surface area contributed by atoms with Crippen LogP contribution in [0.4, 0.5) is 0 Å². The van der Waals surface area contributed by atoms with Crippen LogP contribution in [0.2, 0.25) is 0 Å². The van der Waals surface area contributed by atoms with Crippen molar-refractivity contribution in [1.29, 1.82) is 0 Å². The molecule has 4 nitrogen and oxygen atoms in total. The van der Waals surface area contributed by atoms with Gasteiger partial charge in [-0.05, 0) is 24.8 Å². The van der Waals surface area contributed by atoms with Gasteiger partial charge in [-0.25, -0.2) is 0 Å². The highest BCUT2D eigenvalue weighted by Crippen LogP contribution is 2.26. The second-order valence-corrected chi connectivity index (χ2v) is 6.29. The maximum Gasteiger partial charge on any atom is 0.191 e. The van der Waals surface area contributed by atoms with Crippen molar-refractivity contribution in [1.82, 2.24) is 10.6 Å². The van der Waals surface area contributed by atoms with Crippen molar-refractivity contribution in [3.63, 3.8) is 0 Å². The Morgan fingerprint density at radius 2 is 2.32 bits per heavy atom. The average molecular weight is 281 g/mol. The highest BCUT2D eigenvalue weighted by molar-refractivity contribution is 7.09. The second kappa shape index (κ2) is 6.91. The molecule has 0 atom stereocenters. The summed E-state index contributed by atoms with van der Waals surface area (Å²) < 4.78 is 5.25. The molecule has 0 bridgehead atoms. The van der Waals surface area contributed by atoms with E-state index in [-0.39, 0.29) is 5.41 Å². The summed E-state index contributed by atoms with van der Waals surface area (Å²) in [6.07, 6.45) is 1.04. The predicted octanol–water partition coefficient (Wildman–Crippen LogP) is 1.88. The predicted molar refractivity (Wildman–Crippen MR) is 80.9 cm³/mol. The molecule has 2 rings (SSSR count). The fourth-order valence-electron chi connectivity index (χ4n) is 1.91. The summed E-state index contributed by atoms with van der Waals surface area (Å²) in [6, 6.07) is 4.26. The van der Waals surface area contributed by atoms with E-state index in [9.17, 15) is 0 Å². The fraction of sp³-hybridized carbons (Fsp3) is 0.643. The molecule has 106 valence electrons. The van der Waals surface area contributed by atoms with Crippen LogP contribution in [0, 0.1) is 5.41 Å². The van der Waals surface area contributed by atoms with Crippen LogP contribution in [-0.4, -0.2) is 38.8 Å². The largest absolute Gasteiger partial charge is 0.380 e. The number of nitrogens with zero attached hydrogens (tertiary/aromatic N) is 1. The summed E-state index contributed by atoms with van der Waals surface area (Å²) in [6.45, 7) is 8.58. The molecule has 0 aliphatic carbocycles. The molecule has 1 saturated heterocycles. The summed E-state index contributed by atoms with van der Waals surface area (Å²) in [5.41, 5.74) is 0.232. The number of hydrogen-bond donors (Lipinski definition) is 2.